The zero-order chi connectivity index (χ0) is 24.4. The molecular formula is C26H23ClN5O3+. The van der Waals surface area contributed by atoms with Gasteiger partial charge in [-0.25, -0.2) is 4.79 Å². The Kier molecular flexibility index (Phi) is 6.29. The Morgan fingerprint density at radius 3 is 2.57 bits per heavy atom. The van der Waals surface area contributed by atoms with Gasteiger partial charge in [-0.2, -0.15) is 0 Å². The molecule has 2 heterocycles. The number of halogens is 1. The van der Waals surface area contributed by atoms with Crippen LogP contribution >= 0.6 is 11.6 Å². The average molecular weight is 489 g/mol. The second kappa shape index (κ2) is 9.68. The predicted molar refractivity (Wildman–Crippen MR) is 130 cm³/mol. The van der Waals surface area contributed by atoms with Gasteiger partial charge in [-0.05, 0) is 60.9 Å². The van der Waals surface area contributed by atoms with Gasteiger partial charge >= 0.3 is 5.97 Å². The Balaban J connectivity index is 1.40. The third-order valence-electron chi connectivity index (χ3n) is 6.11. The number of carboxylic acids is 1. The van der Waals surface area contributed by atoms with Gasteiger partial charge in [-0.3, -0.25) is 9.78 Å². The molecule has 9 heteroatoms. The summed E-state index contributed by atoms with van der Waals surface area (Å²) >= 11 is 6.28. The molecule has 2 aromatic carbocycles. The highest BCUT2D eigenvalue weighted by Gasteiger charge is 2.31. The molecule has 8 nitrogen and oxygen atoms in total. The van der Waals surface area contributed by atoms with Crippen molar-refractivity contribution in [2.24, 2.45) is 5.92 Å². The van der Waals surface area contributed by atoms with Crippen LogP contribution in [0.1, 0.15) is 41.2 Å². The highest BCUT2D eigenvalue weighted by molar-refractivity contribution is 6.31. The molecule has 0 radical (unpaired) electrons. The van der Waals surface area contributed by atoms with E-state index in [1.807, 2.05) is 36.5 Å². The molecule has 176 valence electrons. The monoisotopic (exact) mass is 488 g/mol. The number of rotatable bonds is 8. The molecule has 35 heavy (non-hydrogen) atoms. The second-order valence-corrected chi connectivity index (χ2v) is 9.07. The Bertz CT molecular complexity index is 1350. The number of aromatic carboxylic acids is 1. The fourth-order valence-corrected chi connectivity index (χ4v) is 4.23. The molecule has 2 aromatic heterocycles. The van der Waals surface area contributed by atoms with E-state index >= 15 is 0 Å². The van der Waals surface area contributed by atoms with Crippen molar-refractivity contribution in [2.45, 2.75) is 25.2 Å². The third-order valence-corrected chi connectivity index (χ3v) is 6.35. The summed E-state index contributed by atoms with van der Waals surface area (Å²) in [7, 11) is 0. The SMILES string of the molecule is O=C(O)c1ccc(NC(=O)C(CC2CC2)c2ccc(-c3cc(Cl)ccc3-[n+]3ccn[nH]3)cn2)cc1. The van der Waals surface area contributed by atoms with Gasteiger partial charge < -0.3 is 10.4 Å². The van der Waals surface area contributed by atoms with Gasteiger partial charge in [0.05, 0.1) is 17.2 Å². The number of aromatic nitrogens is 4. The van der Waals surface area contributed by atoms with Gasteiger partial charge in [0.25, 0.3) is 0 Å². The van der Waals surface area contributed by atoms with E-state index in [0.717, 1.165) is 36.1 Å². The molecule has 1 aliphatic rings. The molecule has 1 amide bonds. The molecule has 1 aliphatic carbocycles. The summed E-state index contributed by atoms with van der Waals surface area (Å²) in [5, 5.41) is 19.5. The maximum Gasteiger partial charge on any atom is 0.335 e. The van der Waals surface area contributed by atoms with Gasteiger partial charge in [-0.15, -0.1) is 4.68 Å². The number of carbonyl (C=O) groups excluding carboxylic acids is 1. The first-order valence-electron chi connectivity index (χ1n) is 11.3. The van der Waals surface area contributed by atoms with Crippen LogP contribution < -0.4 is 10.00 Å². The van der Waals surface area contributed by atoms with E-state index in [-0.39, 0.29) is 11.5 Å². The lowest BCUT2D eigenvalue weighted by Crippen LogP contribution is -2.32. The standard InChI is InChI=1S/C26H22ClN5O3/c27-19-6-10-24(32-12-11-29-31-32)21(14-19)18-5-9-23(28-15-18)22(13-16-1-2-16)25(33)30-20-7-3-17(4-8-20)26(34)35/h3-12,14-16,22H,1-2,13H2,(H2,30,33,34,35)/p+1. The highest BCUT2D eigenvalue weighted by Crippen LogP contribution is 2.39. The van der Waals surface area contributed by atoms with Crippen molar-refractivity contribution in [3.63, 3.8) is 0 Å². The van der Waals surface area contributed by atoms with Crippen molar-refractivity contribution in [3.8, 4) is 16.8 Å². The summed E-state index contributed by atoms with van der Waals surface area (Å²) in [6, 6.07) is 15.6. The number of aromatic amines is 1. The first-order valence-corrected chi connectivity index (χ1v) is 11.7. The number of nitrogens with zero attached hydrogens (tertiary/aromatic N) is 3. The summed E-state index contributed by atoms with van der Waals surface area (Å²) < 4.78 is 1.79. The number of anilines is 1. The largest absolute Gasteiger partial charge is 0.478 e. The number of nitrogens with one attached hydrogen (secondary N) is 2. The number of benzene rings is 2. The highest BCUT2D eigenvalue weighted by atomic mass is 35.5. The number of hydrogen-bond donors (Lipinski definition) is 3. The Hall–Kier alpha value is -4.04. The van der Waals surface area contributed by atoms with E-state index in [1.54, 1.807) is 29.2 Å². The predicted octanol–water partition coefficient (Wildman–Crippen LogP) is 4.62. The van der Waals surface area contributed by atoms with E-state index in [1.165, 1.54) is 12.1 Å². The first kappa shape index (κ1) is 22.7. The lowest BCUT2D eigenvalue weighted by Gasteiger charge is -2.17. The summed E-state index contributed by atoms with van der Waals surface area (Å²) in [5.74, 6) is -1.06. The van der Waals surface area contributed by atoms with Gasteiger partial charge in [-0.1, -0.05) is 35.7 Å². The van der Waals surface area contributed by atoms with Crippen LogP contribution in [0.5, 0.6) is 0 Å². The van der Waals surface area contributed by atoms with Gasteiger partial charge in [0.15, 0.2) is 11.9 Å². The summed E-state index contributed by atoms with van der Waals surface area (Å²) in [5.41, 5.74) is 4.04. The van der Waals surface area contributed by atoms with Gasteiger partial charge in [0.2, 0.25) is 12.1 Å². The molecule has 1 unspecified atom stereocenters. The number of amides is 1. The molecular weight excluding hydrogens is 466 g/mol. The normalized spacial score (nSPS) is 13.9. The van der Waals surface area contributed by atoms with Crippen LogP contribution in [0.25, 0.3) is 16.8 Å². The molecule has 1 saturated carbocycles. The number of carbonyl (C=O) groups is 2. The molecule has 1 fully saturated rings. The van der Waals surface area contributed by atoms with Crippen LogP contribution in [-0.2, 0) is 4.79 Å². The van der Waals surface area contributed by atoms with E-state index in [4.69, 9.17) is 16.7 Å². The lowest BCUT2D eigenvalue weighted by molar-refractivity contribution is -0.658. The van der Waals surface area contributed by atoms with Crippen molar-refractivity contribution in [3.05, 3.63) is 89.5 Å². The minimum atomic E-state index is -1.01. The van der Waals surface area contributed by atoms with Crippen molar-refractivity contribution >= 4 is 29.2 Å². The molecule has 0 bridgehead atoms. The van der Waals surface area contributed by atoms with E-state index in [9.17, 15) is 9.59 Å². The number of pyridine rings is 1. The fraction of sp³-hybridized carbons (Fsp3) is 0.192. The van der Waals surface area contributed by atoms with Crippen LogP contribution in [-0.4, -0.2) is 32.3 Å². The summed E-state index contributed by atoms with van der Waals surface area (Å²) in [6.45, 7) is 0. The second-order valence-electron chi connectivity index (χ2n) is 8.63. The van der Waals surface area contributed by atoms with Crippen LogP contribution in [0, 0.1) is 5.92 Å². The molecule has 4 aromatic rings. The molecule has 0 saturated heterocycles. The van der Waals surface area contributed by atoms with Crippen LogP contribution in [0.2, 0.25) is 5.02 Å². The summed E-state index contributed by atoms with van der Waals surface area (Å²) in [4.78, 5) is 29.0. The fourth-order valence-electron chi connectivity index (χ4n) is 4.06. The molecule has 3 N–H and O–H groups in total. The van der Waals surface area contributed by atoms with Gasteiger partial charge in [0.1, 0.15) is 0 Å². The number of carboxylic acid groups (broad SMARTS) is 1. The Labute approximate surface area is 206 Å². The van der Waals surface area contributed by atoms with Crippen molar-refractivity contribution in [1.29, 1.82) is 0 Å². The molecule has 0 spiro atoms. The zero-order valence-electron chi connectivity index (χ0n) is 18.7. The quantitative estimate of drug-likeness (QED) is 0.313. The van der Waals surface area contributed by atoms with Crippen LogP contribution in [0.4, 0.5) is 5.69 Å². The van der Waals surface area contributed by atoms with E-state index in [2.05, 4.69) is 20.6 Å². The minimum Gasteiger partial charge on any atom is -0.478 e. The topological polar surface area (TPSA) is 112 Å². The zero-order valence-corrected chi connectivity index (χ0v) is 19.4. The first-order chi connectivity index (χ1) is 17.0. The Morgan fingerprint density at radius 1 is 1.14 bits per heavy atom. The Morgan fingerprint density at radius 2 is 1.94 bits per heavy atom. The van der Waals surface area contributed by atoms with Crippen molar-refractivity contribution in [2.75, 3.05) is 5.32 Å². The smallest absolute Gasteiger partial charge is 0.335 e. The lowest BCUT2D eigenvalue weighted by atomic mass is 9.95. The van der Waals surface area contributed by atoms with E-state index in [0.29, 0.717) is 22.3 Å². The number of hydrogen-bond acceptors (Lipinski definition) is 4. The maximum absolute atomic E-state index is 13.2. The van der Waals surface area contributed by atoms with Crippen LogP contribution in [0.15, 0.2) is 73.2 Å². The maximum atomic E-state index is 13.2. The number of H-pyrrole nitrogens is 1. The van der Waals surface area contributed by atoms with Crippen molar-refractivity contribution in [1.82, 2.24) is 15.3 Å². The average Bonchev–Trinajstić information content (AvgIpc) is 3.53. The summed E-state index contributed by atoms with van der Waals surface area (Å²) in [6.07, 6.45) is 8.18. The molecule has 0 aliphatic heterocycles. The van der Waals surface area contributed by atoms with E-state index < -0.39 is 11.9 Å². The molecule has 1 atom stereocenters. The van der Waals surface area contributed by atoms with Crippen LogP contribution in [0.3, 0.4) is 0 Å². The molecule has 5 rings (SSSR count). The minimum absolute atomic E-state index is 0.156. The van der Waals surface area contributed by atoms with Crippen molar-refractivity contribution < 1.29 is 19.4 Å². The van der Waals surface area contributed by atoms with Gasteiger partial charge in [0, 0.05) is 33.1 Å². The third kappa shape index (κ3) is 5.22.